The molecule has 20 heavy (non-hydrogen) atoms. The highest BCUT2D eigenvalue weighted by Crippen LogP contribution is 2.37. The van der Waals surface area contributed by atoms with Crippen LogP contribution in [0.1, 0.15) is 10.7 Å². The third kappa shape index (κ3) is 3.05. The molecular formula is C13H15N3O2S2. The summed E-state index contributed by atoms with van der Waals surface area (Å²) in [5, 5.41) is 3.66. The van der Waals surface area contributed by atoms with E-state index in [1.54, 1.807) is 24.5 Å². The second-order valence-corrected chi connectivity index (χ2v) is 5.56. The smallest absolute Gasteiger partial charge is 0.329 e. The topological polar surface area (TPSA) is 63.2 Å². The lowest BCUT2D eigenvalue weighted by Gasteiger charge is -2.10. The van der Waals surface area contributed by atoms with Gasteiger partial charge in [0.15, 0.2) is 0 Å². The first-order chi connectivity index (χ1) is 9.55. The van der Waals surface area contributed by atoms with Crippen LogP contribution in [0.2, 0.25) is 0 Å². The highest BCUT2D eigenvalue weighted by atomic mass is 32.1. The van der Waals surface area contributed by atoms with Crippen LogP contribution in [-0.2, 0) is 0 Å². The van der Waals surface area contributed by atoms with Crippen LogP contribution in [-0.4, -0.2) is 18.1 Å². The zero-order valence-electron chi connectivity index (χ0n) is 11.4. The molecule has 2 N–H and O–H groups in total. The van der Waals surface area contributed by atoms with Crippen molar-refractivity contribution in [3.8, 4) is 16.2 Å². The molecule has 106 valence electrons. The Morgan fingerprint density at radius 2 is 2.15 bits per heavy atom. The molecule has 0 radical (unpaired) electrons. The fraction of sp³-hybridized carbons (Fsp3) is 0.231. The van der Waals surface area contributed by atoms with E-state index in [-0.39, 0.29) is 0 Å². The van der Waals surface area contributed by atoms with Gasteiger partial charge in [-0.15, -0.1) is 11.3 Å². The molecule has 0 spiro atoms. The predicted octanol–water partition coefficient (Wildman–Crippen LogP) is 3.40. The second kappa shape index (κ2) is 6.15. The minimum Gasteiger partial charge on any atom is -0.496 e. The summed E-state index contributed by atoms with van der Waals surface area (Å²) in [6, 6.07) is 5.10. The summed E-state index contributed by atoms with van der Waals surface area (Å²) in [4.78, 5) is 16.7. The number of methoxy groups -OCH3 is 1. The number of aromatic nitrogens is 1. The third-order valence-electron chi connectivity index (χ3n) is 2.71. The van der Waals surface area contributed by atoms with E-state index in [1.807, 2.05) is 26.0 Å². The standard InChI is InChI=1S/C13H15N3O2S2/c1-7-12(20-8(2)14-7)10-5-4-9(6-11(10)18-3)15-13(17)16-19/h4-6,19H,1-3H3,(H2,15,16,17). The van der Waals surface area contributed by atoms with Gasteiger partial charge in [-0.2, -0.15) is 0 Å². The van der Waals surface area contributed by atoms with Gasteiger partial charge in [-0.3, -0.25) is 4.72 Å². The first kappa shape index (κ1) is 14.7. The summed E-state index contributed by atoms with van der Waals surface area (Å²) in [7, 11) is 1.60. The van der Waals surface area contributed by atoms with Crippen LogP contribution < -0.4 is 14.8 Å². The number of ether oxygens (including phenoxy) is 1. The van der Waals surface area contributed by atoms with Gasteiger partial charge in [0.2, 0.25) is 0 Å². The van der Waals surface area contributed by atoms with Crippen LogP contribution in [0.15, 0.2) is 18.2 Å². The van der Waals surface area contributed by atoms with Crippen LogP contribution in [0.5, 0.6) is 5.75 Å². The number of rotatable bonds is 3. The SMILES string of the molecule is COc1cc(NC(=O)NS)ccc1-c1sc(C)nc1C. The van der Waals surface area contributed by atoms with E-state index >= 15 is 0 Å². The molecule has 0 bridgehead atoms. The maximum absolute atomic E-state index is 11.2. The minimum atomic E-state index is -0.395. The number of thiol groups is 1. The zero-order chi connectivity index (χ0) is 14.7. The zero-order valence-corrected chi connectivity index (χ0v) is 13.1. The lowest BCUT2D eigenvalue weighted by molar-refractivity contribution is 0.257. The lowest BCUT2D eigenvalue weighted by Crippen LogP contribution is -2.20. The quantitative estimate of drug-likeness (QED) is 0.761. The summed E-state index contributed by atoms with van der Waals surface area (Å²) in [6.07, 6.45) is 0. The lowest BCUT2D eigenvalue weighted by atomic mass is 10.1. The van der Waals surface area contributed by atoms with Gasteiger partial charge >= 0.3 is 6.03 Å². The number of anilines is 1. The van der Waals surface area contributed by atoms with E-state index < -0.39 is 6.03 Å². The fourth-order valence-electron chi connectivity index (χ4n) is 1.90. The third-order valence-corrected chi connectivity index (χ3v) is 4.02. The Morgan fingerprint density at radius 1 is 1.40 bits per heavy atom. The molecule has 0 aliphatic heterocycles. The van der Waals surface area contributed by atoms with Crippen LogP contribution in [0.3, 0.4) is 0 Å². The number of carbonyl (C=O) groups is 1. The van der Waals surface area contributed by atoms with Crippen molar-refractivity contribution in [2.75, 3.05) is 12.4 Å². The maximum atomic E-state index is 11.2. The monoisotopic (exact) mass is 309 g/mol. The molecular weight excluding hydrogens is 294 g/mol. The van der Waals surface area contributed by atoms with Crippen molar-refractivity contribution in [2.45, 2.75) is 13.8 Å². The minimum absolute atomic E-state index is 0.395. The van der Waals surface area contributed by atoms with Gasteiger partial charge in [-0.05, 0) is 26.0 Å². The van der Waals surface area contributed by atoms with E-state index in [2.05, 4.69) is 27.8 Å². The molecule has 7 heteroatoms. The van der Waals surface area contributed by atoms with Gasteiger partial charge < -0.3 is 10.1 Å². The number of hydrogen-bond donors (Lipinski definition) is 3. The summed E-state index contributed by atoms with van der Waals surface area (Å²) in [5.41, 5.74) is 2.57. The number of thiazole rings is 1. The average molecular weight is 309 g/mol. The van der Waals surface area contributed by atoms with E-state index in [0.29, 0.717) is 11.4 Å². The van der Waals surface area contributed by atoms with Crippen molar-refractivity contribution in [3.63, 3.8) is 0 Å². The Balaban J connectivity index is 2.40. The predicted molar refractivity (Wildman–Crippen MR) is 84.7 cm³/mol. The molecule has 0 aliphatic rings. The largest absolute Gasteiger partial charge is 0.496 e. The van der Waals surface area contributed by atoms with Crippen molar-refractivity contribution < 1.29 is 9.53 Å². The molecule has 0 unspecified atom stereocenters. The fourth-order valence-corrected chi connectivity index (χ4v) is 2.90. The molecule has 1 aromatic heterocycles. The Kier molecular flexibility index (Phi) is 4.51. The van der Waals surface area contributed by atoms with Gasteiger partial charge in [-0.1, -0.05) is 12.8 Å². The molecule has 5 nitrogen and oxygen atoms in total. The Hall–Kier alpha value is -1.73. The highest BCUT2D eigenvalue weighted by molar-refractivity contribution is 7.78. The van der Waals surface area contributed by atoms with E-state index in [4.69, 9.17) is 4.74 Å². The average Bonchev–Trinajstić information content (AvgIpc) is 2.77. The number of urea groups is 1. The van der Waals surface area contributed by atoms with Crippen molar-refractivity contribution in [1.29, 1.82) is 0 Å². The Bertz CT molecular complexity index is 641. The molecule has 0 atom stereocenters. The Labute approximate surface area is 126 Å². The number of nitrogens with zero attached hydrogens (tertiary/aromatic N) is 1. The van der Waals surface area contributed by atoms with Crippen LogP contribution in [0, 0.1) is 13.8 Å². The number of carbonyl (C=O) groups excluding carboxylic acids is 1. The maximum Gasteiger partial charge on any atom is 0.329 e. The first-order valence-corrected chi connectivity index (χ1v) is 7.15. The van der Waals surface area contributed by atoms with Crippen LogP contribution in [0.4, 0.5) is 10.5 Å². The first-order valence-electron chi connectivity index (χ1n) is 5.88. The summed E-state index contributed by atoms with van der Waals surface area (Å²) >= 11 is 5.31. The molecule has 2 aromatic rings. The van der Waals surface area contributed by atoms with Crippen molar-refractivity contribution in [3.05, 3.63) is 28.9 Å². The molecule has 2 amide bonds. The molecule has 2 rings (SSSR count). The Morgan fingerprint density at radius 3 is 2.70 bits per heavy atom. The normalized spacial score (nSPS) is 10.2. The van der Waals surface area contributed by atoms with Gasteiger partial charge in [0.05, 0.1) is 22.7 Å². The van der Waals surface area contributed by atoms with Crippen molar-refractivity contribution >= 4 is 35.9 Å². The molecule has 1 heterocycles. The van der Waals surface area contributed by atoms with Gasteiger partial charge in [-0.25, -0.2) is 9.78 Å². The molecule has 0 fully saturated rings. The molecule has 1 aromatic carbocycles. The van der Waals surface area contributed by atoms with Crippen molar-refractivity contribution in [2.24, 2.45) is 0 Å². The van der Waals surface area contributed by atoms with Crippen molar-refractivity contribution in [1.82, 2.24) is 9.71 Å². The summed E-state index contributed by atoms with van der Waals surface area (Å²) < 4.78 is 7.61. The van der Waals surface area contributed by atoms with Gasteiger partial charge in [0.25, 0.3) is 0 Å². The number of benzene rings is 1. The van der Waals surface area contributed by atoms with E-state index in [1.165, 1.54) is 0 Å². The van der Waals surface area contributed by atoms with Crippen LogP contribution in [0.25, 0.3) is 10.4 Å². The number of aryl methyl sites for hydroxylation is 2. The van der Waals surface area contributed by atoms with E-state index in [0.717, 1.165) is 21.1 Å². The second-order valence-electron chi connectivity index (χ2n) is 4.13. The van der Waals surface area contributed by atoms with Crippen LogP contribution >= 0.6 is 24.2 Å². The van der Waals surface area contributed by atoms with Gasteiger partial charge in [0, 0.05) is 17.3 Å². The molecule has 0 aliphatic carbocycles. The summed E-state index contributed by atoms with van der Waals surface area (Å²) in [5.74, 6) is 0.689. The molecule has 0 saturated heterocycles. The summed E-state index contributed by atoms with van der Waals surface area (Å²) in [6.45, 7) is 3.94. The number of amides is 2. The molecule has 0 saturated carbocycles. The number of nitrogens with one attached hydrogen (secondary N) is 2. The van der Waals surface area contributed by atoms with E-state index in [9.17, 15) is 4.79 Å². The number of hydrogen-bond acceptors (Lipinski definition) is 5. The van der Waals surface area contributed by atoms with Gasteiger partial charge in [0.1, 0.15) is 5.75 Å². The highest BCUT2D eigenvalue weighted by Gasteiger charge is 2.13.